The molecular formula is C11H7FN4O2. The van der Waals surface area contributed by atoms with Crippen LogP contribution in [0.4, 0.5) is 10.2 Å². The molecule has 6 nitrogen and oxygen atoms in total. The van der Waals surface area contributed by atoms with E-state index in [1.54, 1.807) is 0 Å². The van der Waals surface area contributed by atoms with E-state index in [1.807, 2.05) is 6.07 Å². The van der Waals surface area contributed by atoms with Crippen molar-refractivity contribution in [3.63, 3.8) is 0 Å². The summed E-state index contributed by atoms with van der Waals surface area (Å²) in [6.45, 7) is 0.0369. The van der Waals surface area contributed by atoms with Gasteiger partial charge in [-0.15, -0.1) is 0 Å². The maximum atomic E-state index is 13.5. The Morgan fingerprint density at radius 2 is 2.28 bits per heavy atom. The molecule has 0 aliphatic carbocycles. The highest BCUT2D eigenvalue weighted by Crippen LogP contribution is 2.13. The summed E-state index contributed by atoms with van der Waals surface area (Å²) in [5.41, 5.74) is 0.583. The van der Waals surface area contributed by atoms with E-state index in [-0.39, 0.29) is 17.9 Å². The molecular weight excluding hydrogens is 239 g/mol. The van der Waals surface area contributed by atoms with Crippen LogP contribution in [-0.4, -0.2) is 14.7 Å². The molecule has 2 aromatic rings. The Balaban J connectivity index is 2.28. The molecule has 0 amide bonds. The second-order valence-corrected chi connectivity index (χ2v) is 3.55. The zero-order valence-electron chi connectivity index (χ0n) is 9.08. The summed E-state index contributed by atoms with van der Waals surface area (Å²) in [6.07, 6.45) is 1.39. The van der Waals surface area contributed by atoms with Crippen LogP contribution in [0.25, 0.3) is 0 Å². The first-order chi connectivity index (χ1) is 8.60. The number of hydrogen-bond acceptors (Lipinski definition) is 4. The second kappa shape index (κ2) is 4.63. The molecule has 0 N–H and O–H groups in total. The molecule has 0 spiro atoms. The van der Waals surface area contributed by atoms with E-state index in [0.29, 0.717) is 5.56 Å². The van der Waals surface area contributed by atoms with Crippen LogP contribution in [0.1, 0.15) is 11.1 Å². The molecule has 1 heterocycles. The van der Waals surface area contributed by atoms with E-state index in [9.17, 15) is 14.5 Å². The lowest BCUT2D eigenvalue weighted by Crippen LogP contribution is -2.03. The van der Waals surface area contributed by atoms with Crippen molar-refractivity contribution in [3.8, 4) is 6.07 Å². The average molecular weight is 246 g/mol. The highest BCUT2D eigenvalue weighted by Gasteiger charge is 2.12. The van der Waals surface area contributed by atoms with E-state index in [2.05, 4.69) is 5.10 Å². The normalized spacial score (nSPS) is 10.0. The van der Waals surface area contributed by atoms with E-state index in [0.717, 1.165) is 0 Å². The predicted molar refractivity (Wildman–Crippen MR) is 59.1 cm³/mol. The van der Waals surface area contributed by atoms with Gasteiger partial charge >= 0.3 is 5.82 Å². The number of nitrogens with zero attached hydrogens (tertiary/aromatic N) is 4. The van der Waals surface area contributed by atoms with Crippen LogP contribution in [0.3, 0.4) is 0 Å². The lowest BCUT2D eigenvalue weighted by Gasteiger charge is -2.01. The fourth-order valence-electron chi connectivity index (χ4n) is 1.48. The number of benzene rings is 1. The average Bonchev–Trinajstić information content (AvgIpc) is 2.81. The molecule has 0 saturated carbocycles. The molecule has 0 fully saturated rings. The number of rotatable bonds is 3. The lowest BCUT2D eigenvalue weighted by molar-refractivity contribution is -0.389. The van der Waals surface area contributed by atoms with Gasteiger partial charge < -0.3 is 10.1 Å². The number of aromatic nitrogens is 2. The van der Waals surface area contributed by atoms with Crippen molar-refractivity contribution < 1.29 is 9.31 Å². The molecule has 0 radical (unpaired) electrons. The number of nitriles is 1. The molecule has 0 saturated heterocycles. The van der Waals surface area contributed by atoms with Crippen molar-refractivity contribution in [3.05, 3.63) is 57.5 Å². The Kier molecular flexibility index (Phi) is 3.02. The quantitative estimate of drug-likeness (QED) is 0.611. The highest BCUT2D eigenvalue weighted by atomic mass is 19.1. The summed E-state index contributed by atoms with van der Waals surface area (Å²) in [5.74, 6) is -0.779. The van der Waals surface area contributed by atoms with Gasteiger partial charge in [-0.05, 0) is 23.1 Å². The molecule has 0 unspecified atom stereocenters. The smallest absolute Gasteiger partial charge is 0.358 e. The molecule has 0 aliphatic heterocycles. The van der Waals surface area contributed by atoms with Gasteiger partial charge in [0.2, 0.25) is 0 Å². The van der Waals surface area contributed by atoms with Gasteiger partial charge in [-0.25, -0.2) is 4.39 Å². The minimum atomic E-state index is -0.626. The van der Waals surface area contributed by atoms with Gasteiger partial charge in [-0.2, -0.15) is 9.94 Å². The Labute approximate surface area is 101 Å². The van der Waals surface area contributed by atoms with E-state index < -0.39 is 10.7 Å². The lowest BCUT2D eigenvalue weighted by atomic mass is 10.1. The van der Waals surface area contributed by atoms with Crippen molar-refractivity contribution >= 4 is 5.82 Å². The summed E-state index contributed by atoms with van der Waals surface area (Å²) in [5, 5.41) is 22.8. The zero-order chi connectivity index (χ0) is 13.1. The van der Waals surface area contributed by atoms with E-state index in [4.69, 9.17) is 5.26 Å². The molecule has 90 valence electrons. The van der Waals surface area contributed by atoms with Crippen molar-refractivity contribution in [2.45, 2.75) is 6.54 Å². The van der Waals surface area contributed by atoms with Crippen LogP contribution in [-0.2, 0) is 6.54 Å². The summed E-state index contributed by atoms with van der Waals surface area (Å²) >= 11 is 0. The molecule has 7 heteroatoms. The van der Waals surface area contributed by atoms with Crippen LogP contribution in [0.5, 0.6) is 0 Å². The van der Waals surface area contributed by atoms with Gasteiger partial charge in [0.15, 0.2) is 0 Å². The first-order valence-electron chi connectivity index (χ1n) is 4.96. The van der Waals surface area contributed by atoms with Crippen LogP contribution in [0.2, 0.25) is 0 Å². The van der Waals surface area contributed by atoms with Crippen LogP contribution in [0, 0.1) is 27.3 Å². The fourth-order valence-corrected chi connectivity index (χ4v) is 1.48. The van der Waals surface area contributed by atoms with Crippen molar-refractivity contribution in [1.29, 1.82) is 5.26 Å². The van der Waals surface area contributed by atoms with E-state index in [1.165, 1.54) is 35.1 Å². The maximum Gasteiger partial charge on any atom is 0.389 e. The first-order valence-corrected chi connectivity index (χ1v) is 4.96. The minimum absolute atomic E-state index is 0.0369. The van der Waals surface area contributed by atoms with Crippen molar-refractivity contribution in [2.75, 3.05) is 0 Å². The van der Waals surface area contributed by atoms with Crippen LogP contribution in [0.15, 0.2) is 30.5 Å². The highest BCUT2D eigenvalue weighted by molar-refractivity contribution is 5.34. The van der Waals surface area contributed by atoms with Crippen molar-refractivity contribution in [1.82, 2.24) is 9.78 Å². The molecule has 0 bridgehead atoms. The molecule has 0 atom stereocenters. The fraction of sp³-hybridized carbons (Fsp3) is 0.0909. The van der Waals surface area contributed by atoms with Gasteiger partial charge in [0.25, 0.3) is 0 Å². The van der Waals surface area contributed by atoms with Gasteiger partial charge in [-0.3, -0.25) is 0 Å². The Morgan fingerprint density at radius 1 is 1.50 bits per heavy atom. The Hall–Kier alpha value is -2.75. The molecule has 1 aromatic heterocycles. The number of nitro groups is 1. The predicted octanol–water partition coefficient (Wildman–Crippen LogP) is 1.85. The van der Waals surface area contributed by atoms with Crippen LogP contribution >= 0.6 is 0 Å². The standard InChI is InChI=1S/C11H7FN4O2/c12-10-2-1-8(6-13)5-9(10)7-15-4-3-11(14-15)16(17)18/h1-5H,7H2. The van der Waals surface area contributed by atoms with Gasteiger partial charge in [0, 0.05) is 5.56 Å². The maximum absolute atomic E-state index is 13.5. The van der Waals surface area contributed by atoms with Crippen molar-refractivity contribution in [2.24, 2.45) is 0 Å². The Morgan fingerprint density at radius 3 is 2.89 bits per heavy atom. The summed E-state index contributed by atoms with van der Waals surface area (Å²) in [7, 11) is 0. The number of halogens is 1. The summed E-state index contributed by atoms with van der Waals surface area (Å²) in [6, 6.07) is 7.07. The third-order valence-electron chi connectivity index (χ3n) is 2.32. The molecule has 1 aromatic carbocycles. The molecule has 18 heavy (non-hydrogen) atoms. The Bertz CT molecular complexity index is 645. The summed E-state index contributed by atoms with van der Waals surface area (Å²) in [4.78, 5) is 9.82. The number of hydrogen-bond donors (Lipinski definition) is 0. The SMILES string of the molecule is N#Cc1ccc(F)c(Cn2ccc([N+](=O)[O-])n2)c1. The zero-order valence-corrected chi connectivity index (χ0v) is 9.08. The van der Waals surface area contributed by atoms with Gasteiger partial charge in [0.05, 0.1) is 35.5 Å². The third kappa shape index (κ3) is 2.32. The van der Waals surface area contributed by atoms with Gasteiger partial charge in [-0.1, -0.05) is 0 Å². The topological polar surface area (TPSA) is 84.8 Å². The monoisotopic (exact) mass is 246 g/mol. The minimum Gasteiger partial charge on any atom is -0.358 e. The second-order valence-electron chi connectivity index (χ2n) is 3.55. The largest absolute Gasteiger partial charge is 0.389 e. The molecule has 2 rings (SSSR count). The third-order valence-corrected chi connectivity index (χ3v) is 2.32. The van der Waals surface area contributed by atoms with E-state index >= 15 is 0 Å². The first kappa shape index (κ1) is 11.7. The molecule has 0 aliphatic rings. The summed E-state index contributed by atoms with van der Waals surface area (Å²) < 4.78 is 14.7. The van der Waals surface area contributed by atoms with Gasteiger partial charge in [0.1, 0.15) is 5.82 Å². The van der Waals surface area contributed by atoms with Crippen LogP contribution < -0.4 is 0 Å².